The molecule has 1 fully saturated rings. The lowest BCUT2D eigenvalue weighted by molar-refractivity contribution is -0.142. The van der Waals surface area contributed by atoms with Crippen molar-refractivity contribution in [3.05, 3.63) is 34.9 Å². The van der Waals surface area contributed by atoms with E-state index in [1.165, 1.54) is 13.0 Å². The van der Waals surface area contributed by atoms with Gasteiger partial charge >= 0.3 is 5.97 Å². The van der Waals surface area contributed by atoms with Crippen molar-refractivity contribution in [1.29, 1.82) is 0 Å². The van der Waals surface area contributed by atoms with Crippen LogP contribution in [0.2, 0.25) is 0 Å². The number of carboxylic acid groups (broad SMARTS) is 1. The smallest absolute Gasteiger partial charge is 0.325 e. The topological polar surface area (TPSA) is 83.6 Å². The molecule has 1 aliphatic heterocycles. The lowest BCUT2D eigenvalue weighted by atomic mass is 10.0. The minimum Gasteiger partial charge on any atom is -0.480 e. The third kappa shape index (κ3) is 2.24. The summed E-state index contributed by atoms with van der Waals surface area (Å²) < 4.78 is 27.5. The van der Waals surface area contributed by atoms with E-state index < -0.39 is 34.6 Å². The monoisotopic (exact) mass is 284 g/mol. The molecule has 1 unspecified atom stereocenters. The third-order valence-electron chi connectivity index (χ3n) is 3.51. The first kappa shape index (κ1) is 14.4. The van der Waals surface area contributed by atoms with Crippen molar-refractivity contribution in [2.24, 2.45) is 5.73 Å². The molecular weight excluding hydrogens is 270 g/mol. The van der Waals surface area contributed by atoms with Gasteiger partial charge in [0.25, 0.3) is 5.91 Å². The van der Waals surface area contributed by atoms with Gasteiger partial charge in [0.1, 0.15) is 22.7 Å². The number of hydrogen-bond donors (Lipinski definition) is 2. The van der Waals surface area contributed by atoms with Crippen molar-refractivity contribution < 1.29 is 23.5 Å². The first-order valence-corrected chi connectivity index (χ1v) is 6.02. The van der Waals surface area contributed by atoms with E-state index in [9.17, 15) is 18.4 Å². The Kier molecular flexibility index (Phi) is 3.47. The number of halogens is 2. The van der Waals surface area contributed by atoms with Crippen LogP contribution >= 0.6 is 0 Å². The van der Waals surface area contributed by atoms with Crippen LogP contribution in [0.25, 0.3) is 0 Å². The maximum atomic E-state index is 13.9. The molecule has 0 spiro atoms. The Balaban J connectivity index is 2.31. The summed E-state index contributed by atoms with van der Waals surface area (Å²) in [5.74, 6) is -4.02. The van der Waals surface area contributed by atoms with Crippen molar-refractivity contribution >= 4 is 11.9 Å². The van der Waals surface area contributed by atoms with Gasteiger partial charge in [-0.15, -0.1) is 0 Å². The number of carbonyl (C=O) groups is 2. The number of likely N-dealkylation sites (tertiary alicyclic amines) is 1. The van der Waals surface area contributed by atoms with Gasteiger partial charge in [0.15, 0.2) is 0 Å². The normalized spacial score (nSPS) is 22.1. The summed E-state index contributed by atoms with van der Waals surface area (Å²) in [5.41, 5.74) is 3.55. The van der Waals surface area contributed by atoms with Gasteiger partial charge in [0, 0.05) is 13.1 Å². The Hall–Kier alpha value is -2.02. The van der Waals surface area contributed by atoms with Gasteiger partial charge in [-0.05, 0) is 25.0 Å². The molecule has 1 saturated heterocycles. The summed E-state index contributed by atoms with van der Waals surface area (Å²) in [6.07, 6.45) is 0.0448. The van der Waals surface area contributed by atoms with Crippen molar-refractivity contribution in [2.45, 2.75) is 18.9 Å². The third-order valence-corrected chi connectivity index (χ3v) is 3.51. The molecule has 1 aromatic carbocycles. The van der Waals surface area contributed by atoms with Gasteiger partial charge in [-0.3, -0.25) is 9.59 Å². The molecule has 1 aromatic rings. The van der Waals surface area contributed by atoms with E-state index in [0.717, 1.165) is 11.0 Å². The lowest BCUT2D eigenvalue weighted by Gasteiger charge is -2.20. The molecule has 1 atom stereocenters. The van der Waals surface area contributed by atoms with E-state index >= 15 is 0 Å². The quantitative estimate of drug-likeness (QED) is 0.845. The SMILES string of the molecule is Cc1ccc(F)c(C(=O)N2CCC(N)(C(=O)O)C2)c1F. The second-order valence-electron chi connectivity index (χ2n) is 4.99. The second kappa shape index (κ2) is 4.82. The molecular formula is C13H14F2N2O3. The lowest BCUT2D eigenvalue weighted by Crippen LogP contribution is -2.50. The van der Waals surface area contributed by atoms with Gasteiger partial charge in [0.05, 0.1) is 0 Å². The minimum absolute atomic E-state index is 0.0448. The number of benzene rings is 1. The molecule has 0 aliphatic carbocycles. The van der Waals surface area contributed by atoms with Crippen molar-refractivity contribution in [2.75, 3.05) is 13.1 Å². The fraction of sp³-hybridized carbons (Fsp3) is 0.385. The molecule has 1 amide bonds. The van der Waals surface area contributed by atoms with Gasteiger partial charge in [-0.25, -0.2) is 8.78 Å². The van der Waals surface area contributed by atoms with Gasteiger partial charge in [0.2, 0.25) is 0 Å². The largest absolute Gasteiger partial charge is 0.480 e. The van der Waals surface area contributed by atoms with Crippen LogP contribution in [0.15, 0.2) is 12.1 Å². The number of aryl methyl sites for hydroxylation is 1. The number of carboxylic acids is 1. The summed E-state index contributed by atoms with van der Waals surface area (Å²) in [7, 11) is 0. The Morgan fingerprint density at radius 3 is 2.60 bits per heavy atom. The van der Waals surface area contributed by atoms with Crippen LogP contribution < -0.4 is 5.73 Å². The fourth-order valence-electron chi connectivity index (χ4n) is 2.19. The highest BCUT2D eigenvalue weighted by Crippen LogP contribution is 2.24. The Bertz CT molecular complexity index is 591. The highest BCUT2D eigenvalue weighted by atomic mass is 19.1. The molecule has 0 bridgehead atoms. The number of hydrogen-bond acceptors (Lipinski definition) is 3. The summed E-state index contributed by atoms with van der Waals surface area (Å²) >= 11 is 0. The van der Waals surface area contributed by atoms with Crippen LogP contribution in [0.4, 0.5) is 8.78 Å². The molecule has 2 rings (SSSR count). The zero-order chi connectivity index (χ0) is 15.1. The predicted octanol–water partition coefficient (Wildman–Crippen LogP) is 0.901. The first-order valence-electron chi connectivity index (χ1n) is 6.02. The zero-order valence-corrected chi connectivity index (χ0v) is 10.8. The van der Waals surface area contributed by atoms with E-state index in [0.29, 0.717) is 0 Å². The fourth-order valence-corrected chi connectivity index (χ4v) is 2.19. The average molecular weight is 284 g/mol. The number of nitrogens with zero attached hydrogens (tertiary/aromatic N) is 1. The summed E-state index contributed by atoms with van der Waals surface area (Å²) in [6.45, 7) is 1.20. The van der Waals surface area contributed by atoms with Crippen molar-refractivity contribution in [3.8, 4) is 0 Å². The second-order valence-corrected chi connectivity index (χ2v) is 4.99. The van der Waals surface area contributed by atoms with Crippen molar-refractivity contribution in [3.63, 3.8) is 0 Å². The summed E-state index contributed by atoms with van der Waals surface area (Å²) in [4.78, 5) is 24.2. The maximum Gasteiger partial charge on any atom is 0.325 e. The summed E-state index contributed by atoms with van der Waals surface area (Å²) in [6, 6.07) is 2.24. The Labute approximate surface area is 114 Å². The molecule has 0 radical (unpaired) electrons. The number of nitrogens with two attached hydrogens (primary N) is 1. The highest BCUT2D eigenvalue weighted by molar-refractivity contribution is 5.96. The van der Waals surface area contributed by atoms with Crippen LogP contribution in [0.3, 0.4) is 0 Å². The van der Waals surface area contributed by atoms with Gasteiger partial charge < -0.3 is 15.7 Å². The van der Waals surface area contributed by atoms with E-state index in [2.05, 4.69) is 0 Å². The van der Waals surface area contributed by atoms with E-state index in [1.54, 1.807) is 0 Å². The molecule has 7 heteroatoms. The molecule has 3 N–H and O–H groups in total. The number of aliphatic carboxylic acids is 1. The number of carbonyl (C=O) groups excluding carboxylic acids is 1. The molecule has 0 saturated carbocycles. The van der Waals surface area contributed by atoms with E-state index in [1.807, 2.05) is 0 Å². The maximum absolute atomic E-state index is 13.9. The van der Waals surface area contributed by atoms with Crippen LogP contribution in [-0.4, -0.2) is 40.5 Å². The molecule has 1 heterocycles. The van der Waals surface area contributed by atoms with Crippen molar-refractivity contribution in [1.82, 2.24) is 4.90 Å². The predicted molar refractivity (Wildman–Crippen MR) is 66.2 cm³/mol. The molecule has 108 valence electrons. The molecule has 0 aromatic heterocycles. The average Bonchev–Trinajstić information content (AvgIpc) is 2.78. The van der Waals surface area contributed by atoms with E-state index in [4.69, 9.17) is 10.8 Å². The van der Waals surface area contributed by atoms with Crippen LogP contribution in [0.5, 0.6) is 0 Å². The summed E-state index contributed by atoms with van der Waals surface area (Å²) in [5, 5.41) is 8.98. The zero-order valence-electron chi connectivity index (χ0n) is 10.8. The molecule has 20 heavy (non-hydrogen) atoms. The highest BCUT2D eigenvalue weighted by Gasteiger charge is 2.43. The van der Waals surface area contributed by atoms with E-state index in [-0.39, 0.29) is 25.1 Å². The van der Waals surface area contributed by atoms with Crippen LogP contribution in [-0.2, 0) is 4.79 Å². The Morgan fingerprint density at radius 1 is 1.40 bits per heavy atom. The Morgan fingerprint density at radius 2 is 2.05 bits per heavy atom. The first-order chi connectivity index (χ1) is 9.26. The minimum atomic E-state index is -1.56. The van der Waals surface area contributed by atoms with Gasteiger partial charge in [-0.1, -0.05) is 6.07 Å². The van der Waals surface area contributed by atoms with Crippen LogP contribution in [0.1, 0.15) is 22.3 Å². The molecule has 5 nitrogen and oxygen atoms in total. The van der Waals surface area contributed by atoms with Gasteiger partial charge in [-0.2, -0.15) is 0 Å². The number of rotatable bonds is 2. The molecule has 1 aliphatic rings. The van der Waals surface area contributed by atoms with Crippen LogP contribution in [0, 0.1) is 18.6 Å². The standard InChI is InChI=1S/C13H14F2N2O3/c1-7-2-3-8(14)9(10(7)15)11(18)17-5-4-13(16,6-17)12(19)20/h2-3H,4-6,16H2,1H3,(H,19,20). The number of amides is 1.